The first kappa shape index (κ1) is 19.5. The van der Waals surface area contributed by atoms with E-state index in [1.54, 1.807) is 0 Å². The molecule has 0 aliphatic carbocycles. The summed E-state index contributed by atoms with van der Waals surface area (Å²) in [7, 11) is 0. The molecule has 4 N–H and O–H groups in total. The lowest BCUT2D eigenvalue weighted by molar-refractivity contribution is -0.134. The van der Waals surface area contributed by atoms with Gasteiger partial charge in [0, 0.05) is 13.1 Å². The van der Waals surface area contributed by atoms with Crippen LogP contribution in [0.5, 0.6) is 0 Å². The number of aryl methyl sites for hydroxylation is 1. The molecule has 2 rings (SSSR count). The molecule has 1 aromatic heterocycles. The molecule has 0 spiro atoms. The number of hydrogen-bond donors (Lipinski definition) is 3. The fourth-order valence-electron chi connectivity index (χ4n) is 2.79. The van der Waals surface area contributed by atoms with Gasteiger partial charge in [-0.2, -0.15) is 8.78 Å². The van der Waals surface area contributed by atoms with Crippen molar-refractivity contribution in [2.75, 3.05) is 18.8 Å². The van der Waals surface area contributed by atoms with Crippen molar-refractivity contribution in [2.45, 2.75) is 38.1 Å². The van der Waals surface area contributed by atoms with Crippen LogP contribution in [-0.4, -0.2) is 51.1 Å². The van der Waals surface area contributed by atoms with Crippen LogP contribution >= 0.6 is 0 Å². The van der Waals surface area contributed by atoms with Crippen molar-refractivity contribution in [1.82, 2.24) is 20.2 Å². The molecule has 2 heterocycles. The number of hydrogen-bond acceptors (Lipinski definition) is 5. The summed E-state index contributed by atoms with van der Waals surface area (Å²) in [5.41, 5.74) is 6.20. The molecule has 8 nitrogen and oxygen atoms in total. The highest BCUT2D eigenvalue weighted by atomic mass is 19.3. The van der Waals surface area contributed by atoms with Crippen molar-refractivity contribution < 1.29 is 23.5 Å². The number of nitrogens with one attached hydrogen (secondary N) is 1. The van der Waals surface area contributed by atoms with Crippen LogP contribution in [0.15, 0.2) is 24.0 Å². The van der Waals surface area contributed by atoms with E-state index in [0.29, 0.717) is 24.4 Å². The second-order valence-corrected chi connectivity index (χ2v) is 6.02. The maximum Gasteiger partial charge on any atom is 0.405 e. The van der Waals surface area contributed by atoms with Gasteiger partial charge in [0.1, 0.15) is 11.9 Å². The van der Waals surface area contributed by atoms with E-state index in [9.17, 15) is 18.4 Å². The van der Waals surface area contributed by atoms with Crippen molar-refractivity contribution in [3.63, 3.8) is 0 Å². The topological polar surface area (TPSA) is 121 Å². The average molecular weight is 369 g/mol. The van der Waals surface area contributed by atoms with Crippen LogP contribution in [0.2, 0.25) is 0 Å². The number of nitrogens with two attached hydrogens (primary N) is 1. The number of rotatable bonds is 6. The van der Waals surface area contributed by atoms with Crippen molar-refractivity contribution in [2.24, 2.45) is 0 Å². The van der Waals surface area contributed by atoms with Gasteiger partial charge in [-0.05, 0) is 37.7 Å². The number of anilines is 1. The molecule has 26 heavy (non-hydrogen) atoms. The van der Waals surface area contributed by atoms with E-state index in [1.807, 2.05) is 0 Å². The molecule has 0 saturated carbocycles. The Balaban J connectivity index is 1.91. The average Bonchev–Trinajstić information content (AvgIpc) is 2.61. The van der Waals surface area contributed by atoms with E-state index in [-0.39, 0.29) is 37.9 Å². The second-order valence-electron chi connectivity index (χ2n) is 6.02. The number of carbonyl (C=O) groups is 2. The zero-order valence-electron chi connectivity index (χ0n) is 14.1. The van der Waals surface area contributed by atoms with Crippen molar-refractivity contribution in [3.05, 3.63) is 29.7 Å². The van der Waals surface area contributed by atoms with Gasteiger partial charge in [-0.1, -0.05) is 0 Å². The Morgan fingerprint density at radius 2 is 1.96 bits per heavy atom. The minimum absolute atomic E-state index is 0.0544. The van der Waals surface area contributed by atoms with Gasteiger partial charge in [0.2, 0.25) is 5.91 Å². The number of amides is 2. The molecular formula is C16H21F2N5O3. The number of nitrogen functional groups attached to an aromatic ring is 1. The quantitative estimate of drug-likeness (QED) is 0.703. The van der Waals surface area contributed by atoms with E-state index >= 15 is 0 Å². The molecule has 142 valence electrons. The SMILES string of the molecule is Nc1cnc(CCCC(NC(=O)O)C(=O)N2CCC(=C(F)F)CC2)cn1. The van der Waals surface area contributed by atoms with Gasteiger partial charge < -0.3 is 21.1 Å². The lowest BCUT2D eigenvalue weighted by Gasteiger charge is -2.31. The molecule has 2 amide bonds. The third-order valence-electron chi connectivity index (χ3n) is 4.19. The van der Waals surface area contributed by atoms with Crippen LogP contribution in [0.25, 0.3) is 0 Å². The maximum atomic E-state index is 12.6. The van der Waals surface area contributed by atoms with Crippen LogP contribution in [0.3, 0.4) is 0 Å². The third-order valence-corrected chi connectivity index (χ3v) is 4.19. The Morgan fingerprint density at radius 1 is 1.27 bits per heavy atom. The molecule has 1 aliphatic rings. The van der Waals surface area contributed by atoms with E-state index in [0.717, 1.165) is 0 Å². The summed E-state index contributed by atoms with van der Waals surface area (Å²) in [5.74, 6) is -0.0910. The summed E-state index contributed by atoms with van der Waals surface area (Å²) < 4.78 is 25.2. The largest absolute Gasteiger partial charge is 0.465 e. The van der Waals surface area contributed by atoms with Gasteiger partial charge in [-0.15, -0.1) is 0 Å². The summed E-state index contributed by atoms with van der Waals surface area (Å²) in [6, 6.07) is -0.921. The number of likely N-dealkylation sites (tertiary alicyclic amines) is 1. The van der Waals surface area contributed by atoms with E-state index in [4.69, 9.17) is 10.8 Å². The van der Waals surface area contributed by atoms with Gasteiger partial charge in [0.05, 0.1) is 18.1 Å². The predicted molar refractivity (Wildman–Crippen MR) is 89.4 cm³/mol. The lowest BCUT2D eigenvalue weighted by Crippen LogP contribution is -2.50. The Hall–Kier alpha value is -2.78. The maximum absolute atomic E-state index is 12.6. The highest BCUT2D eigenvalue weighted by Crippen LogP contribution is 2.22. The van der Waals surface area contributed by atoms with Crippen LogP contribution in [0, 0.1) is 0 Å². The number of halogens is 2. The summed E-state index contributed by atoms with van der Waals surface area (Å²) in [5, 5.41) is 11.2. The Labute approximate surface area is 149 Å². The molecule has 1 unspecified atom stereocenters. The fourth-order valence-corrected chi connectivity index (χ4v) is 2.79. The summed E-state index contributed by atoms with van der Waals surface area (Å²) >= 11 is 0. The molecule has 1 saturated heterocycles. The first-order valence-corrected chi connectivity index (χ1v) is 8.24. The minimum atomic E-state index is -1.69. The Bertz CT molecular complexity index is 667. The first-order chi connectivity index (χ1) is 12.4. The van der Waals surface area contributed by atoms with E-state index < -0.39 is 24.1 Å². The summed E-state index contributed by atoms with van der Waals surface area (Å²) in [6.07, 6.45) is 1.46. The number of piperidine rings is 1. The van der Waals surface area contributed by atoms with Gasteiger partial charge in [0.15, 0.2) is 0 Å². The molecule has 10 heteroatoms. The number of nitrogens with zero attached hydrogens (tertiary/aromatic N) is 3. The van der Waals surface area contributed by atoms with Gasteiger partial charge in [0.25, 0.3) is 6.08 Å². The second kappa shape index (κ2) is 9.07. The molecular weight excluding hydrogens is 348 g/mol. The third kappa shape index (κ3) is 5.64. The molecule has 1 aliphatic heterocycles. The fraction of sp³-hybridized carbons (Fsp3) is 0.500. The highest BCUT2D eigenvalue weighted by molar-refractivity contribution is 5.85. The van der Waals surface area contributed by atoms with Crippen LogP contribution in [0.1, 0.15) is 31.4 Å². The minimum Gasteiger partial charge on any atom is -0.465 e. The highest BCUT2D eigenvalue weighted by Gasteiger charge is 2.28. The normalized spacial score (nSPS) is 15.5. The molecule has 0 radical (unpaired) electrons. The van der Waals surface area contributed by atoms with Crippen LogP contribution in [-0.2, 0) is 11.2 Å². The van der Waals surface area contributed by atoms with Crippen molar-refractivity contribution in [3.8, 4) is 0 Å². The molecule has 1 aromatic rings. The molecule has 1 fully saturated rings. The Morgan fingerprint density at radius 3 is 2.50 bits per heavy atom. The smallest absolute Gasteiger partial charge is 0.405 e. The molecule has 1 atom stereocenters. The van der Waals surface area contributed by atoms with Gasteiger partial charge >= 0.3 is 6.09 Å². The predicted octanol–water partition coefficient (Wildman–Crippen LogP) is 1.79. The standard InChI is InChI=1S/C16H21F2N5O3/c17-14(18)10-4-6-23(7-5-10)15(24)12(22-16(25)26)3-1-2-11-8-21-13(19)9-20-11/h8-9,12,22H,1-7H2,(H2,19,21)(H,25,26). The van der Waals surface area contributed by atoms with Crippen LogP contribution < -0.4 is 11.1 Å². The summed E-state index contributed by atoms with van der Waals surface area (Å²) in [6.45, 7) is 0.319. The molecule has 0 bridgehead atoms. The van der Waals surface area contributed by atoms with E-state index in [2.05, 4.69) is 15.3 Å². The molecule has 0 aromatic carbocycles. The zero-order valence-corrected chi connectivity index (χ0v) is 14.1. The van der Waals surface area contributed by atoms with Crippen molar-refractivity contribution >= 4 is 17.8 Å². The van der Waals surface area contributed by atoms with Gasteiger partial charge in [-0.3, -0.25) is 9.78 Å². The number of aromatic nitrogens is 2. The van der Waals surface area contributed by atoms with E-state index in [1.165, 1.54) is 17.3 Å². The first-order valence-electron chi connectivity index (χ1n) is 8.24. The Kier molecular flexibility index (Phi) is 6.81. The monoisotopic (exact) mass is 369 g/mol. The summed E-state index contributed by atoms with van der Waals surface area (Å²) in [4.78, 5) is 33.0. The van der Waals surface area contributed by atoms with Crippen molar-refractivity contribution in [1.29, 1.82) is 0 Å². The lowest BCUT2D eigenvalue weighted by atomic mass is 10.0. The van der Waals surface area contributed by atoms with Gasteiger partial charge in [-0.25, -0.2) is 9.78 Å². The number of carboxylic acid groups (broad SMARTS) is 1. The van der Waals surface area contributed by atoms with Crippen LogP contribution in [0.4, 0.5) is 19.4 Å². The number of carbonyl (C=O) groups excluding carboxylic acids is 1. The zero-order chi connectivity index (χ0) is 19.1.